The molecule has 0 fully saturated rings. The second-order valence-electron chi connectivity index (χ2n) is 2.33. The highest BCUT2D eigenvalue weighted by molar-refractivity contribution is 7.82. The van der Waals surface area contributed by atoms with Crippen LogP contribution in [-0.2, 0) is 10.4 Å². The summed E-state index contributed by atoms with van der Waals surface area (Å²) in [7, 11) is -4.12. The monoisotopic (exact) mass is 203 g/mol. The molecule has 7 nitrogen and oxygen atoms in total. The molecule has 0 unspecified atom stereocenters. The molecule has 0 amide bonds. The first-order valence-corrected chi connectivity index (χ1v) is 4.51. The van der Waals surface area contributed by atoms with E-state index in [2.05, 4.69) is 13.4 Å². The third kappa shape index (κ3) is 1.11. The van der Waals surface area contributed by atoms with Gasteiger partial charge < -0.3 is 19.8 Å². The zero-order valence-electron chi connectivity index (χ0n) is 6.22. The maximum atomic E-state index is 10.9. The number of nitrogen functional groups attached to an aromatic ring is 2. The highest BCUT2D eigenvalue weighted by atomic mass is 32.3. The first-order valence-electron chi connectivity index (χ1n) is 3.17. The molecule has 3 rings (SSSR count). The molecule has 8 heteroatoms. The molecule has 2 bridgehead atoms. The minimum absolute atomic E-state index is 0.00563. The summed E-state index contributed by atoms with van der Waals surface area (Å²) < 4.78 is 30.6. The normalized spacial score (nSPS) is 17.2. The number of hydrogen-bond acceptors (Lipinski definition) is 7. The molecular formula is C5H5N3O4S. The van der Waals surface area contributed by atoms with Crippen LogP contribution in [0.25, 0.3) is 0 Å². The van der Waals surface area contributed by atoms with E-state index in [0.29, 0.717) is 0 Å². The second kappa shape index (κ2) is 2.16. The van der Waals surface area contributed by atoms with Gasteiger partial charge in [-0.15, -0.1) is 8.42 Å². The van der Waals surface area contributed by atoms with Gasteiger partial charge in [0.15, 0.2) is 5.75 Å². The fourth-order valence-electron chi connectivity index (χ4n) is 0.861. The van der Waals surface area contributed by atoms with Crippen molar-refractivity contribution in [3.8, 4) is 11.6 Å². The molecule has 4 N–H and O–H groups in total. The van der Waals surface area contributed by atoms with Gasteiger partial charge >= 0.3 is 10.4 Å². The molecule has 0 aliphatic carbocycles. The van der Waals surface area contributed by atoms with Gasteiger partial charge in [0, 0.05) is 0 Å². The van der Waals surface area contributed by atoms with Crippen LogP contribution in [-0.4, -0.2) is 13.4 Å². The van der Waals surface area contributed by atoms with E-state index in [0.717, 1.165) is 6.20 Å². The lowest BCUT2D eigenvalue weighted by Crippen LogP contribution is -2.14. The van der Waals surface area contributed by atoms with Gasteiger partial charge in [-0.3, -0.25) is 0 Å². The number of aromatic nitrogens is 1. The Morgan fingerprint density at radius 3 is 2.62 bits per heavy atom. The predicted molar refractivity (Wildman–Crippen MR) is 43.2 cm³/mol. The van der Waals surface area contributed by atoms with Crippen LogP contribution in [0.3, 0.4) is 0 Å². The molecule has 0 radical (unpaired) electrons. The first-order chi connectivity index (χ1) is 5.99. The Hall–Kier alpha value is -1.70. The molecule has 0 aromatic carbocycles. The molecule has 0 saturated heterocycles. The fourth-order valence-corrected chi connectivity index (χ4v) is 1.57. The quantitative estimate of drug-likeness (QED) is 0.570. The van der Waals surface area contributed by atoms with Crippen LogP contribution in [0.1, 0.15) is 0 Å². The number of hydrogen-bond donors (Lipinski definition) is 2. The largest absolute Gasteiger partial charge is 0.502 e. The lowest BCUT2D eigenvalue weighted by molar-refractivity contribution is 0.398. The van der Waals surface area contributed by atoms with E-state index in [-0.39, 0.29) is 23.0 Å². The van der Waals surface area contributed by atoms with Crippen LogP contribution in [0.15, 0.2) is 6.20 Å². The molecule has 70 valence electrons. The Morgan fingerprint density at radius 2 is 1.92 bits per heavy atom. The molecule has 0 atom stereocenters. The maximum Gasteiger partial charge on any atom is 0.502 e. The topological polar surface area (TPSA) is 118 Å². The van der Waals surface area contributed by atoms with E-state index in [1.165, 1.54) is 0 Å². The maximum absolute atomic E-state index is 10.9. The second-order valence-corrected chi connectivity index (χ2v) is 3.48. The van der Waals surface area contributed by atoms with Gasteiger partial charge in [0.2, 0.25) is 0 Å². The summed E-state index contributed by atoms with van der Waals surface area (Å²) >= 11 is 0. The Labute approximate surface area is 73.6 Å². The van der Waals surface area contributed by atoms with Crippen molar-refractivity contribution in [3.63, 3.8) is 0 Å². The van der Waals surface area contributed by atoms with Gasteiger partial charge in [0.25, 0.3) is 5.88 Å². The van der Waals surface area contributed by atoms with E-state index < -0.39 is 10.4 Å². The Bertz CT molecular complexity index is 432. The van der Waals surface area contributed by atoms with Crippen LogP contribution in [0.2, 0.25) is 0 Å². The highest BCUT2D eigenvalue weighted by Gasteiger charge is 2.27. The van der Waals surface area contributed by atoms with Gasteiger partial charge in [-0.25, -0.2) is 4.98 Å². The lowest BCUT2D eigenvalue weighted by Gasteiger charge is -1.99. The number of anilines is 2. The van der Waals surface area contributed by atoms with E-state index in [9.17, 15) is 8.42 Å². The molecule has 1 aromatic rings. The number of pyridine rings is 1. The Morgan fingerprint density at radius 1 is 1.23 bits per heavy atom. The van der Waals surface area contributed by atoms with Gasteiger partial charge in [0.05, 0.1) is 6.20 Å². The van der Waals surface area contributed by atoms with Crippen LogP contribution < -0.4 is 19.8 Å². The lowest BCUT2D eigenvalue weighted by atomic mass is 10.3. The van der Waals surface area contributed by atoms with Gasteiger partial charge in [0.1, 0.15) is 11.4 Å². The van der Waals surface area contributed by atoms with Crippen molar-refractivity contribution < 1.29 is 16.8 Å². The minimum atomic E-state index is -4.12. The molecule has 0 spiro atoms. The van der Waals surface area contributed by atoms with E-state index in [4.69, 9.17) is 11.5 Å². The minimum Gasteiger partial charge on any atom is -0.394 e. The van der Waals surface area contributed by atoms with Crippen molar-refractivity contribution in [1.82, 2.24) is 4.98 Å². The van der Waals surface area contributed by atoms with Crippen molar-refractivity contribution >= 4 is 21.8 Å². The van der Waals surface area contributed by atoms with Gasteiger partial charge in [-0.05, 0) is 0 Å². The van der Waals surface area contributed by atoms with Crippen molar-refractivity contribution in [2.45, 2.75) is 0 Å². The average molecular weight is 203 g/mol. The molecule has 1 aromatic heterocycles. The smallest absolute Gasteiger partial charge is 0.394 e. The van der Waals surface area contributed by atoms with Crippen molar-refractivity contribution in [1.29, 1.82) is 0 Å². The number of nitrogens with two attached hydrogens (primary N) is 2. The fraction of sp³-hybridized carbons (Fsp3) is 0. The third-order valence-corrected chi connectivity index (χ3v) is 2.20. The third-order valence-electron chi connectivity index (χ3n) is 1.46. The molecule has 2 aliphatic rings. The summed E-state index contributed by atoms with van der Waals surface area (Å²) in [5, 5.41) is 0. The van der Waals surface area contributed by atoms with Crippen LogP contribution in [0, 0.1) is 0 Å². The molecule has 2 aliphatic heterocycles. The summed E-state index contributed by atoms with van der Waals surface area (Å²) in [6, 6.07) is 0. The summed E-state index contributed by atoms with van der Waals surface area (Å²) in [5.41, 5.74) is 10.8. The van der Waals surface area contributed by atoms with Crippen LogP contribution in [0.4, 0.5) is 11.4 Å². The number of nitrogens with zero attached hydrogens (tertiary/aromatic N) is 1. The van der Waals surface area contributed by atoms with Crippen molar-refractivity contribution in [2.24, 2.45) is 0 Å². The number of rotatable bonds is 0. The highest BCUT2D eigenvalue weighted by Crippen LogP contribution is 2.37. The van der Waals surface area contributed by atoms with Gasteiger partial charge in [-0.2, -0.15) is 0 Å². The average Bonchev–Trinajstić information content (AvgIpc) is 2.22. The van der Waals surface area contributed by atoms with Crippen molar-refractivity contribution in [2.75, 3.05) is 11.5 Å². The number of fused-ring (bicyclic) bond motifs is 4. The summed E-state index contributed by atoms with van der Waals surface area (Å²) in [6.45, 7) is 0. The van der Waals surface area contributed by atoms with E-state index >= 15 is 0 Å². The summed E-state index contributed by atoms with van der Waals surface area (Å²) in [5.74, 6) is -0.391. The van der Waals surface area contributed by atoms with Crippen molar-refractivity contribution in [3.05, 3.63) is 6.20 Å². The van der Waals surface area contributed by atoms with E-state index in [1.54, 1.807) is 0 Å². The SMILES string of the molecule is Nc1c2cnc(c1N)OS(=O)(=O)O2. The van der Waals surface area contributed by atoms with Crippen LogP contribution in [0.5, 0.6) is 11.6 Å². The Balaban J connectivity index is 2.74. The van der Waals surface area contributed by atoms with Gasteiger partial charge in [-0.1, -0.05) is 0 Å². The first kappa shape index (κ1) is 7.92. The van der Waals surface area contributed by atoms with E-state index in [1.807, 2.05) is 0 Å². The Kier molecular flexibility index (Phi) is 1.32. The molecular weight excluding hydrogens is 198 g/mol. The molecule has 0 saturated carbocycles. The molecule has 13 heavy (non-hydrogen) atoms. The predicted octanol–water partition coefficient (Wildman–Crippen LogP) is -0.738. The zero-order valence-corrected chi connectivity index (χ0v) is 7.04. The molecule has 3 heterocycles. The van der Waals surface area contributed by atoms with Crippen LogP contribution >= 0.6 is 0 Å². The zero-order chi connectivity index (χ0) is 9.64. The summed E-state index contributed by atoms with van der Waals surface area (Å²) in [6.07, 6.45) is 1.13. The standard InChI is InChI=1S/C5H5N3O4S/c6-3-2-1-8-5(4(3)7)12-13(9,10)11-2/h1H,7H2,(H2,6,8). The summed E-state index contributed by atoms with van der Waals surface area (Å²) in [4.78, 5) is 3.58.